The van der Waals surface area contributed by atoms with E-state index in [2.05, 4.69) is 9.71 Å². The first-order valence-corrected chi connectivity index (χ1v) is 6.45. The van der Waals surface area contributed by atoms with Crippen LogP contribution < -0.4 is 4.72 Å². The van der Waals surface area contributed by atoms with Crippen LogP contribution in [0.3, 0.4) is 0 Å². The maximum absolute atomic E-state index is 12.0. The Morgan fingerprint density at radius 1 is 1.24 bits per heavy atom. The van der Waals surface area contributed by atoms with E-state index in [9.17, 15) is 13.2 Å². The van der Waals surface area contributed by atoms with Crippen LogP contribution in [0, 0.1) is 0 Å². The van der Waals surface area contributed by atoms with Crippen LogP contribution in [0.1, 0.15) is 20.8 Å². The van der Waals surface area contributed by atoms with Crippen molar-refractivity contribution in [2.45, 2.75) is 31.2 Å². The third-order valence-corrected chi connectivity index (χ3v) is 3.57. The van der Waals surface area contributed by atoms with Gasteiger partial charge in [-0.05, 0) is 32.9 Å². The molecule has 0 radical (unpaired) electrons. The quantitative estimate of drug-likeness (QED) is 0.659. The molecule has 0 heterocycles. The van der Waals surface area contributed by atoms with Crippen LogP contribution in [0.4, 0.5) is 5.69 Å². The maximum Gasteiger partial charge on any atom is 0.243 e. The van der Waals surface area contributed by atoms with Gasteiger partial charge in [-0.2, -0.15) is 4.99 Å². The normalized spacial score (nSPS) is 11.9. The summed E-state index contributed by atoms with van der Waals surface area (Å²) in [7, 11) is -3.69. The number of carbonyl (C=O) groups excluding carboxylic acids is 1. The highest BCUT2D eigenvalue weighted by molar-refractivity contribution is 7.89. The van der Waals surface area contributed by atoms with Gasteiger partial charge in [0.15, 0.2) is 0 Å². The fourth-order valence-corrected chi connectivity index (χ4v) is 2.85. The number of rotatable bonds is 3. The van der Waals surface area contributed by atoms with Gasteiger partial charge in [0.1, 0.15) is 4.90 Å². The number of para-hydroxylation sites is 1. The fraction of sp³-hybridized carbons (Fsp3) is 0.364. The molecule has 1 aromatic rings. The van der Waals surface area contributed by atoms with E-state index in [0.717, 1.165) is 0 Å². The SMILES string of the molecule is CC(C)(C)NS(=O)(=O)c1ccccc1N=C=O. The predicted molar refractivity (Wildman–Crippen MR) is 64.3 cm³/mol. The lowest BCUT2D eigenvalue weighted by atomic mass is 10.1. The molecule has 6 heteroatoms. The molecule has 0 aliphatic heterocycles. The van der Waals surface area contributed by atoms with Crippen molar-refractivity contribution in [1.29, 1.82) is 0 Å². The van der Waals surface area contributed by atoms with Crippen molar-refractivity contribution in [2.24, 2.45) is 4.99 Å². The number of isocyanates is 1. The topological polar surface area (TPSA) is 75.6 Å². The standard InChI is InChI=1S/C11H14N2O3S/c1-11(2,3)13-17(15,16)10-7-5-4-6-9(10)12-8-14/h4-7,13H,1-3H3. The maximum atomic E-state index is 12.0. The average Bonchev–Trinajstić information content (AvgIpc) is 2.15. The molecule has 0 aromatic heterocycles. The zero-order valence-electron chi connectivity index (χ0n) is 9.89. The molecule has 0 aliphatic rings. The molecular weight excluding hydrogens is 240 g/mol. The molecule has 5 nitrogen and oxygen atoms in total. The van der Waals surface area contributed by atoms with Gasteiger partial charge in [-0.1, -0.05) is 12.1 Å². The summed E-state index contributed by atoms with van der Waals surface area (Å²) in [6.45, 7) is 5.20. The first-order valence-electron chi connectivity index (χ1n) is 4.97. The monoisotopic (exact) mass is 254 g/mol. The van der Waals surface area contributed by atoms with Crippen LogP contribution >= 0.6 is 0 Å². The second kappa shape index (κ2) is 4.79. The molecule has 0 amide bonds. The largest absolute Gasteiger partial charge is 0.243 e. The molecule has 0 atom stereocenters. The summed E-state index contributed by atoms with van der Waals surface area (Å²) in [6.07, 6.45) is 1.34. The highest BCUT2D eigenvalue weighted by atomic mass is 32.2. The van der Waals surface area contributed by atoms with Gasteiger partial charge in [-0.15, -0.1) is 0 Å². The van der Waals surface area contributed by atoms with Gasteiger partial charge in [0.25, 0.3) is 0 Å². The molecule has 17 heavy (non-hydrogen) atoms. The average molecular weight is 254 g/mol. The van der Waals surface area contributed by atoms with Crippen LogP contribution in [-0.2, 0) is 14.8 Å². The summed E-state index contributed by atoms with van der Waals surface area (Å²) in [5, 5.41) is 0. The van der Waals surface area contributed by atoms with Crippen LogP contribution in [0.25, 0.3) is 0 Å². The second-order valence-corrected chi connectivity index (χ2v) is 6.18. The van der Waals surface area contributed by atoms with E-state index in [1.807, 2.05) is 0 Å². The van der Waals surface area contributed by atoms with Crippen LogP contribution in [0.15, 0.2) is 34.2 Å². The Morgan fingerprint density at radius 3 is 2.35 bits per heavy atom. The lowest BCUT2D eigenvalue weighted by Gasteiger charge is -2.20. The van der Waals surface area contributed by atoms with E-state index in [-0.39, 0.29) is 10.6 Å². The van der Waals surface area contributed by atoms with E-state index in [1.165, 1.54) is 18.2 Å². The summed E-state index contributed by atoms with van der Waals surface area (Å²) in [6, 6.07) is 6.01. The summed E-state index contributed by atoms with van der Waals surface area (Å²) < 4.78 is 26.6. The van der Waals surface area contributed by atoms with Gasteiger partial charge in [0.2, 0.25) is 16.1 Å². The van der Waals surface area contributed by atoms with Crippen molar-refractivity contribution in [3.63, 3.8) is 0 Å². The zero-order chi connectivity index (χ0) is 13.1. The van der Waals surface area contributed by atoms with Gasteiger partial charge < -0.3 is 0 Å². The number of nitrogens with zero attached hydrogens (tertiary/aromatic N) is 1. The van der Waals surface area contributed by atoms with E-state index in [1.54, 1.807) is 32.9 Å². The number of sulfonamides is 1. The second-order valence-electron chi connectivity index (χ2n) is 4.53. The fourth-order valence-electron chi connectivity index (χ4n) is 1.28. The van der Waals surface area contributed by atoms with Crippen LogP contribution in [0.5, 0.6) is 0 Å². The number of hydrogen-bond donors (Lipinski definition) is 1. The number of hydrogen-bond acceptors (Lipinski definition) is 4. The van der Waals surface area contributed by atoms with Gasteiger partial charge in [0, 0.05) is 5.54 Å². The van der Waals surface area contributed by atoms with Crippen molar-refractivity contribution in [3.05, 3.63) is 24.3 Å². The molecule has 0 bridgehead atoms. The Labute approximate surface area is 101 Å². The number of benzene rings is 1. The molecule has 1 aromatic carbocycles. The molecule has 1 rings (SSSR count). The molecule has 0 spiro atoms. The van der Waals surface area contributed by atoms with Gasteiger partial charge in [0.05, 0.1) is 5.69 Å². The van der Waals surface area contributed by atoms with Gasteiger partial charge in [-0.3, -0.25) is 0 Å². The van der Waals surface area contributed by atoms with Crippen molar-refractivity contribution < 1.29 is 13.2 Å². The highest BCUT2D eigenvalue weighted by Gasteiger charge is 2.24. The molecule has 92 valence electrons. The lowest BCUT2D eigenvalue weighted by Crippen LogP contribution is -2.40. The summed E-state index contributed by atoms with van der Waals surface area (Å²) in [4.78, 5) is 13.6. The molecule has 0 saturated carbocycles. The Bertz CT molecular complexity index is 552. The smallest absolute Gasteiger partial charge is 0.211 e. The molecule has 0 fully saturated rings. The van der Waals surface area contributed by atoms with E-state index in [0.29, 0.717) is 0 Å². The van der Waals surface area contributed by atoms with Gasteiger partial charge in [-0.25, -0.2) is 17.9 Å². The summed E-state index contributed by atoms with van der Waals surface area (Å²) in [5.74, 6) is 0. The molecular formula is C11H14N2O3S. The molecule has 0 aliphatic carbocycles. The van der Waals surface area contributed by atoms with E-state index in [4.69, 9.17) is 0 Å². The van der Waals surface area contributed by atoms with Crippen molar-refractivity contribution >= 4 is 21.8 Å². The molecule has 1 N–H and O–H groups in total. The third-order valence-electron chi connectivity index (χ3n) is 1.76. The molecule has 0 saturated heterocycles. The minimum atomic E-state index is -3.69. The summed E-state index contributed by atoms with van der Waals surface area (Å²) in [5.41, 5.74) is -0.518. The number of nitrogens with one attached hydrogen (secondary N) is 1. The third kappa shape index (κ3) is 3.78. The Balaban J connectivity index is 3.29. The number of aliphatic imine (C=N–C) groups is 1. The Kier molecular flexibility index (Phi) is 3.83. The van der Waals surface area contributed by atoms with Crippen LogP contribution in [-0.4, -0.2) is 20.0 Å². The van der Waals surface area contributed by atoms with Gasteiger partial charge >= 0.3 is 0 Å². The lowest BCUT2D eigenvalue weighted by molar-refractivity contribution is 0.491. The molecule has 0 unspecified atom stereocenters. The van der Waals surface area contributed by atoms with Crippen molar-refractivity contribution in [2.75, 3.05) is 0 Å². The first kappa shape index (κ1) is 13.6. The van der Waals surface area contributed by atoms with E-state index >= 15 is 0 Å². The van der Waals surface area contributed by atoms with E-state index < -0.39 is 15.6 Å². The van der Waals surface area contributed by atoms with Crippen molar-refractivity contribution in [1.82, 2.24) is 4.72 Å². The Hall–Kier alpha value is -1.49. The minimum Gasteiger partial charge on any atom is -0.211 e. The predicted octanol–water partition coefficient (Wildman–Crippen LogP) is 1.73. The van der Waals surface area contributed by atoms with Crippen molar-refractivity contribution in [3.8, 4) is 0 Å². The first-order chi connectivity index (χ1) is 7.76. The minimum absolute atomic E-state index is 0.0294. The highest BCUT2D eigenvalue weighted by Crippen LogP contribution is 2.24. The zero-order valence-corrected chi connectivity index (χ0v) is 10.7. The Morgan fingerprint density at radius 2 is 1.82 bits per heavy atom. The summed E-state index contributed by atoms with van der Waals surface area (Å²) >= 11 is 0. The van der Waals surface area contributed by atoms with Crippen LogP contribution in [0.2, 0.25) is 0 Å².